The van der Waals surface area contributed by atoms with Gasteiger partial charge in [-0.1, -0.05) is 59.2 Å². The van der Waals surface area contributed by atoms with E-state index in [0.29, 0.717) is 34.8 Å². The smallest absolute Gasteiger partial charge is 0.311 e. The van der Waals surface area contributed by atoms with E-state index in [1.807, 2.05) is 36.4 Å². The minimum atomic E-state index is -0.443. The van der Waals surface area contributed by atoms with Crippen LogP contribution in [0.3, 0.4) is 0 Å². The number of allylic oxidation sites excluding steroid dienone is 3. The summed E-state index contributed by atoms with van der Waals surface area (Å²) in [5.74, 6) is 0.804. The van der Waals surface area contributed by atoms with Crippen LogP contribution >= 0.6 is 11.6 Å². The van der Waals surface area contributed by atoms with Gasteiger partial charge in [-0.05, 0) is 30.7 Å². The summed E-state index contributed by atoms with van der Waals surface area (Å²) in [6.07, 6.45) is 5.69. The van der Waals surface area contributed by atoms with Crippen molar-refractivity contribution < 1.29 is 23.6 Å². The van der Waals surface area contributed by atoms with E-state index in [2.05, 4.69) is 5.16 Å². The van der Waals surface area contributed by atoms with E-state index in [1.54, 1.807) is 37.3 Å². The SMILES string of the molecule is Cc1c(OC(=O)CCc2cc(Cl)no2)ccc2c1O/C(=C\C=C\c1ccccc1)C2=O. The normalized spacial score (nSPS) is 14.1. The molecule has 0 unspecified atom stereocenters. The topological polar surface area (TPSA) is 78.6 Å². The first-order valence-corrected chi connectivity index (χ1v) is 10.0. The van der Waals surface area contributed by atoms with Crippen molar-refractivity contribution in [3.8, 4) is 11.5 Å². The molecule has 0 fully saturated rings. The number of rotatable bonds is 6. The van der Waals surface area contributed by atoms with Crippen molar-refractivity contribution in [2.24, 2.45) is 0 Å². The first kappa shape index (κ1) is 20.6. The maximum absolute atomic E-state index is 12.6. The number of ether oxygens (including phenoxy) is 2. The number of fused-ring (bicyclic) bond motifs is 1. The van der Waals surface area contributed by atoms with Crippen LogP contribution < -0.4 is 9.47 Å². The fourth-order valence-electron chi connectivity index (χ4n) is 3.11. The van der Waals surface area contributed by atoms with Crippen molar-refractivity contribution >= 4 is 29.4 Å². The highest BCUT2D eigenvalue weighted by atomic mass is 35.5. The molecule has 0 radical (unpaired) electrons. The third-order valence-electron chi connectivity index (χ3n) is 4.70. The molecule has 156 valence electrons. The summed E-state index contributed by atoms with van der Waals surface area (Å²) in [4.78, 5) is 24.8. The lowest BCUT2D eigenvalue weighted by atomic mass is 10.1. The van der Waals surface area contributed by atoms with Gasteiger partial charge in [0.05, 0.1) is 12.0 Å². The van der Waals surface area contributed by atoms with Gasteiger partial charge in [-0.25, -0.2) is 0 Å². The van der Waals surface area contributed by atoms with Crippen molar-refractivity contribution in [2.75, 3.05) is 0 Å². The molecule has 1 aliphatic rings. The van der Waals surface area contributed by atoms with Gasteiger partial charge in [0.2, 0.25) is 5.78 Å². The van der Waals surface area contributed by atoms with Crippen molar-refractivity contribution in [3.63, 3.8) is 0 Å². The molecule has 0 atom stereocenters. The largest absolute Gasteiger partial charge is 0.452 e. The van der Waals surface area contributed by atoms with Gasteiger partial charge in [-0.15, -0.1) is 0 Å². The van der Waals surface area contributed by atoms with Gasteiger partial charge in [0.1, 0.15) is 17.3 Å². The molecule has 1 aromatic heterocycles. The molecule has 7 heteroatoms. The van der Waals surface area contributed by atoms with E-state index in [9.17, 15) is 9.59 Å². The number of hydrogen-bond donors (Lipinski definition) is 0. The Morgan fingerprint density at radius 1 is 1.19 bits per heavy atom. The maximum atomic E-state index is 12.6. The fourth-order valence-corrected chi connectivity index (χ4v) is 3.26. The van der Waals surface area contributed by atoms with Crippen LogP contribution in [0.1, 0.15) is 33.7 Å². The van der Waals surface area contributed by atoms with Crippen LogP contribution in [-0.4, -0.2) is 16.9 Å². The van der Waals surface area contributed by atoms with Gasteiger partial charge < -0.3 is 14.0 Å². The number of benzene rings is 2. The van der Waals surface area contributed by atoms with Crippen LogP contribution in [0, 0.1) is 6.92 Å². The van der Waals surface area contributed by atoms with E-state index in [-0.39, 0.29) is 23.1 Å². The number of carbonyl (C=O) groups is 2. The van der Waals surface area contributed by atoms with E-state index in [1.165, 1.54) is 0 Å². The van der Waals surface area contributed by atoms with Gasteiger partial charge in [0.15, 0.2) is 10.9 Å². The molecule has 2 aromatic carbocycles. The predicted octanol–water partition coefficient (Wildman–Crippen LogP) is 5.35. The maximum Gasteiger partial charge on any atom is 0.311 e. The molecule has 6 nitrogen and oxygen atoms in total. The summed E-state index contributed by atoms with van der Waals surface area (Å²) >= 11 is 5.70. The third-order valence-corrected chi connectivity index (χ3v) is 4.88. The average Bonchev–Trinajstić information content (AvgIpc) is 3.33. The van der Waals surface area contributed by atoms with E-state index in [4.69, 9.17) is 25.6 Å². The highest BCUT2D eigenvalue weighted by Crippen LogP contribution is 2.39. The average molecular weight is 436 g/mol. The highest BCUT2D eigenvalue weighted by molar-refractivity contribution is 6.29. The summed E-state index contributed by atoms with van der Waals surface area (Å²) in [6, 6.07) is 14.5. The third kappa shape index (κ3) is 4.75. The van der Waals surface area contributed by atoms with Gasteiger partial charge in [-0.2, -0.15) is 0 Å². The summed E-state index contributed by atoms with van der Waals surface area (Å²) in [7, 11) is 0. The lowest BCUT2D eigenvalue weighted by Crippen LogP contribution is -2.10. The Morgan fingerprint density at radius 3 is 2.74 bits per heavy atom. The Hall–Kier alpha value is -3.64. The highest BCUT2D eigenvalue weighted by Gasteiger charge is 2.30. The van der Waals surface area contributed by atoms with Crippen LogP contribution in [0.2, 0.25) is 5.15 Å². The van der Waals surface area contributed by atoms with Crippen molar-refractivity contribution in [2.45, 2.75) is 19.8 Å². The minimum absolute atomic E-state index is 0.0945. The van der Waals surface area contributed by atoms with Gasteiger partial charge in [0.25, 0.3) is 0 Å². The summed E-state index contributed by atoms with van der Waals surface area (Å²) in [6.45, 7) is 1.74. The number of hydrogen-bond acceptors (Lipinski definition) is 6. The summed E-state index contributed by atoms with van der Waals surface area (Å²) < 4.78 is 16.2. The number of halogens is 1. The standard InChI is InChI=1S/C24H18ClNO5/c1-15-19(29-22(27)13-10-17-14-21(25)26-31-17)12-11-18-23(28)20(30-24(15)18)9-5-8-16-6-3-2-4-7-16/h2-9,11-12,14H,10,13H2,1H3/b8-5+,20-9-. The molecule has 0 saturated heterocycles. The number of esters is 1. The molecule has 1 aliphatic heterocycles. The number of aromatic nitrogens is 1. The monoisotopic (exact) mass is 435 g/mol. The lowest BCUT2D eigenvalue weighted by Gasteiger charge is -2.09. The Kier molecular flexibility index (Phi) is 6.00. The Labute approximate surface area is 183 Å². The molecule has 0 aliphatic carbocycles. The molecule has 3 aromatic rings. The fraction of sp³-hybridized carbons (Fsp3) is 0.125. The molecular formula is C24H18ClNO5. The van der Waals surface area contributed by atoms with Crippen molar-refractivity contribution in [1.29, 1.82) is 0 Å². The lowest BCUT2D eigenvalue weighted by molar-refractivity contribution is -0.134. The van der Waals surface area contributed by atoms with Crippen LogP contribution in [-0.2, 0) is 11.2 Å². The Balaban J connectivity index is 1.44. The molecule has 2 heterocycles. The molecule has 0 spiro atoms. The summed E-state index contributed by atoms with van der Waals surface area (Å²) in [5.41, 5.74) is 2.03. The number of aryl methyl sites for hydroxylation is 1. The molecular weight excluding hydrogens is 418 g/mol. The van der Waals surface area contributed by atoms with Gasteiger partial charge >= 0.3 is 5.97 Å². The minimum Gasteiger partial charge on any atom is -0.452 e. The van der Waals surface area contributed by atoms with Gasteiger partial charge in [0, 0.05) is 18.1 Å². The second kappa shape index (κ2) is 9.02. The van der Waals surface area contributed by atoms with E-state index >= 15 is 0 Å². The number of Topliss-reactive ketones (excluding diaryl/α,β-unsaturated/α-hetero) is 1. The zero-order chi connectivity index (χ0) is 21.8. The second-order valence-electron chi connectivity index (χ2n) is 6.89. The summed E-state index contributed by atoms with van der Waals surface area (Å²) in [5, 5.41) is 3.80. The first-order chi connectivity index (χ1) is 15.0. The van der Waals surface area contributed by atoms with Crippen molar-refractivity contribution in [1.82, 2.24) is 5.16 Å². The molecule has 0 saturated carbocycles. The number of carbonyl (C=O) groups excluding carboxylic acids is 2. The first-order valence-electron chi connectivity index (χ1n) is 9.62. The Bertz CT molecular complexity index is 1190. The molecule has 0 N–H and O–H groups in total. The van der Waals surface area contributed by atoms with Gasteiger partial charge in [-0.3, -0.25) is 9.59 Å². The van der Waals surface area contributed by atoms with Crippen LogP contribution in [0.4, 0.5) is 0 Å². The number of ketones is 1. The zero-order valence-corrected chi connectivity index (χ0v) is 17.4. The molecule has 4 rings (SSSR count). The van der Waals surface area contributed by atoms with Crippen LogP contribution in [0.15, 0.2) is 71.0 Å². The zero-order valence-electron chi connectivity index (χ0n) is 16.6. The molecule has 0 amide bonds. The van der Waals surface area contributed by atoms with E-state index in [0.717, 1.165) is 5.56 Å². The second-order valence-corrected chi connectivity index (χ2v) is 7.27. The quantitative estimate of drug-likeness (QED) is 0.295. The molecule has 31 heavy (non-hydrogen) atoms. The Morgan fingerprint density at radius 2 is 2.00 bits per heavy atom. The molecule has 0 bridgehead atoms. The van der Waals surface area contributed by atoms with Crippen molar-refractivity contribution in [3.05, 3.63) is 94.0 Å². The van der Waals surface area contributed by atoms with Crippen LogP contribution in [0.25, 0.3) is 6.08 Å². The number of nitrogens with zero attached hydrogens (tertiary/aromatic N) is 1. The van der Waals surface area contributed by atoms with Crippen LogP contribution in [0.5, 0.6) is 11.5 Å². The predicted molar refractivity (Wildman–Crippen MR) is 115 cm³/mol. The van der Waals surface area contributed by atoms with E-state index < -0.39 is 5.97 Å².